The van der Waals surface area contributed by atoms with Crippen molar-refractivity contribution in [3.63, 3.8) is 0 Å². The molecule has 3 rings (SSSR count). The van der Waals surface area contributed by atoms with Crippen molar-refractivity contribution in [1.29, 1.82) is 0 Å². The summed E-state index contributed by atoms with van der Waals surface area (Å²) in [6.07, 6.45) is 2.24. The van der Waals surface area contributed by atoms with Crippen molar-refractivity contribution in [1.82, 2.24) is 5.32 Å². The topological polar surface area (TPSA) is 38.3 Å². The molecule has 22 heavy (non-hydrogen) atoms. The molecule has 0 saturated heterocycles. The minimum absolute atomic E-state index is 0.0119. The highest BCUT2D eigenvalue weighted by atomic mass is 16.5. The number of hydrogen-bond acceptors (Lipinski definition) is 2. The first-order chi connectivity index (χ1) is 10.6. The molecule has 0 heterocycles. The molecule has 0 radical (unpaired) electrons. The van der Waals surface area contributed by atoms with E-state index in [1.165, 1.54) is 5.56 Å². The molecule has 2 aromatic carbocycles. The van der Waals surface area contributed by atoms with Gasteiger partial charge < -0.3 is 10.1 Å². The van der Waals surface area contributed by atoms with Crippen LogP contribution in [0.15, 0.2) is 48.5 Å². The summed E-state index contributed by atoms with van der Waals surface area (Å²) in [6.45, 7) is 2.65. The van der Waals surface area contributed by atoms with E-state index in [1.54, 1.807) is 7.11 Å². The molecule has 0 aromatic heterocycles. The molecular weight excluding hydrogens is 274 g/mol. The van der Waals surface area contributed by atoms with Crippen LogP contribution in [-0.4, -0.2) is 19.6 Å². The van der Waals surface area contributed by atoms with E-state index in [0.717, 1.165) is 29.7 Å². The fourth-order valence-electron chi connectivity index (χ4n) is 2.84. The summed E-state index contributed by atoms with van der Waals surface area (Å²) in [5.74, 6) is 0.876. The van der Waals surface area contributed by atoms with Gasteiger partial charge in [0.15, 0.2) is 0 Å². The minimum atomic E-state index is 0.0119. The van der Waals surface area contributed by atoms with Crippen molar-refractivity contribution in [2.45, 2.75) is 25.2 Å². The van der Waals surface area contributed by atoms with E-state index < -0.39 is 0 Å². The highest BCUT2D eigenvalue weighted by molar-refractivity contribution is 5.95. The molecule has 1 fully saturated rings. The van der Waals surface area contributed by atoms with Crippen LogP contribution in [0, 0.1) is 6.92 Å². The Morgan fingerprint density at radius 1 is 1.14 bits per heavy atom. The van der Waals surface area contributed by atoms with Crippen molar-refractivity contribution in [2.24, 2.45) is 0 Å². The first kappa shape index (κ1) is 14.6. The number of benzene rings is 2. The van der Waals surface area contributed by atoms with Crippen molar-refractivity contribution in [2.75, 3.05) is 13.7 Å². The third kappa shape index (κ3) is 2.84. The molecule has 0 spiro atoms. The van der Waals surface area contributed by atoms with Crippen LogP contribution < -0.4 is 10.1 Å². The van der Waals surface area contributed by atoms with Crippen molar-refractivity contribution in [3.8, 4) is 5.75 Å². The molecule has 0 unspecified atom stereocenters. The largest absolute Gasteiger partial charge is 0.497 e. The van der Waals surface area contributed by atoms with Crippen molar-refractivity contribution in [3.05, 3.63) is 65.2 Å². The number of ether oxygens (including phenoxy) is 1. The zero-order valence-corrected chi connectivity index (χ0v) is 13.1. The van der Waals surface area contributed by atoms with Crippen molar-refractivity contribution < 1.29 is 9.53 Å². The normalized spacial score (nSPS) is 15.2. The van der Waals surface area contributed by atoms with Gasteiger partial charge in [0.05, 0.1) is 7.11 Å². The van der Waals surface area contributed by atoms with Crippen LogP contribution in [0.3, 0.4) is 0 Å². The van der Waals surface area contributed by atoms with Gasteiger partial charge in [-0.05, 0) is 49.1 Å². The maximum atomic E-state index is 12.3. The second-order valence-electron chi connectivity index (χ2n) is 6.01. The quantitative estimate of drug-likeness (QED) is 0.917. The Bertz CT molecular complexity index is 672. The maximum absolute atomic E-state index is 12.3. The third-order valence-electron chi connectivity index (χ3n) is 4.53. The average molecular weight is 295 g/mol. The summed E-state index contributed by atoms with van der Waals surface area (Å²) >= 11 is 0. The van der Waals surface area contributed by atoms with Crippen molar-refractivity contribution >= 4 is 5.91 Å². The van der Waals surface area contributed by atoms with Gasteiger partial charge in [0.1, 0.15) is 5.75 Å². The van der Waals surface area contributed by atoms with Crippen LogP contribution in [-0.2, 0) is 5.41 Å². The molecule has 1 N–H and O–H groups in total. The summed E-state index contributed by atoms with van der Waals surface area (Å²) in [6, 6.07) is 15.9. The summed E-state index contributed by atoms with van der Waals surface area (Å²) in [5, 5.41) is 3.10. The lowest BCUT2D eigenvalue weighted by atomic mass is 9.95. The molecule has 0 bridgehead atoms. The van der Waals surface area contributed by atoms with Gasteiger partial charge in [0, 0.05) is 17.5 Å². The zero-order chi connectivity index (χ0) is 15.6. The monoisotopic (exact) mass is 295 g/mol. The van der Waals surface area contributed by atoms with Gasteiger partial charge in [-0.25, -0.2) is 0 Å². The SMILES string of the molecule is COc1ccc(C2(CNC(=O)c3ccccc3C)CC2)cc1. The number of carbonyl (C=O) groups excluding carboxylic acids is 1. The van der Waals surface area contributed by atoms with E-state index in [0.29, 0.717) is 6.54 Å². The third-order valence-corrected chi connectivity index (χ3v) is 4.53. The lowest BCUT2D eigenvalue weighted by Crippen LogP contribution is -2.32. The van der Waals surface area contributed by atoms with Gasteiger partial charge in [-0.2, -0.15) is 0 Å². The van der Waals surface area contributed by atoms with E-state index >= 15 is 0 Å². The second kappa shape index (κ2) is 5.84. The Kier molecular flexibility index (Phi) is 3.88. The van der Waals surface area contributed by atoms with Crippen LogP contribution in [0.2, 0.25) is 0 Å². The van der Waals surface area contributed by atoms with Crippen LogP contribution in [0.5, 0.6) is 5.75 Å². The Morgan fingerprint density at radius 2 is 1.82 bits per heavy atom. The Labute approximate surface area is 131 Å². The second-order valence-corrected chi connectivity index (χ2v) is 6.01. The highest BCUT2D eigenvalue weighted by Gasteiger charge is 2.44. The molecule has 114 valence electrons. The molecular formula is C19H21NO2. The maximum Gasteiger partial charge on any atom is 0.251 e. The van der Waals surface area contributed by atoms with Gasteiger partial charge in [-0.3, -0.25) is 4.79 Å². The molecule has 0 atom stereocenters. The Balaban J connectivity index is 1.68. The number of hydrogen-bond donors (Lipinski definition) is 1. The Hall–Kier alpha value is -2.29. The first-order valence-corrected chi connectivity index (χ1v) is 7.63. The fraction of sp³-hybridized carbons (Fsp3) is 0.316. The lowest BCUT2D eigenvalue weighted by Gasteiger charge is -2.17. The fourth-order valence-corrected chi connectivity index (χ4v) is 2.84. The molecule has 0 aliphatic heterocycles. The summed E-state index contributed by atoms with van der Waals surface area (Å²) < 4.78 is 5.20. The molecule has 1 amide bonds. The minimum Gasteiger partial charge on any atom is -0.497 e. The van der Waals surface area contributed by atoms with Gasteiger partial charge in [-0.15, -0.1) is 0 Å². The van der Waals surface area contributed by atoms with E-state index in [2.05, 4.69) is 17.4 Å². The summed E-state index contributed by atoms with van der Waals surface area (Å²) in [7, 11) is 1.67. The molecule has 3 nitrogen and oxygen atoms in total. The molecule has 2 aromatic rings. The number of rotatable bonds is 5. The van der Waals surface area contributed by atoms with Crippen LogP contribution >= 0.6 is 0 Å². The molecule has 3 heteroatoms. The zero-order valence-electron chi connectivity index (χ0n) is 13.1. The van der Waals surface area contributed by atoms with Gasteiger partial charge in [0.25, 0.3) is 5.91 Å². The van der Waals surface area contributed by atoms with Gasteiger partial charge in [-0.1, -0.05) is 30.3 Å². The number of methoxy groups -OCH3 is 1. The van der Waals surface area contributed by atoms with E-state index in [4.69, 9.17) is 4.74 Å². The predicted octanol–water partition coefficient (Wildman–Crippen LogP) is 3.47. The summed E-state index contributed by atoms with van der Waals surface area (Å²) in [5.41, 5.74) is 3.14. The van der Waals surface area contributed by atoms with Crippen LogP contribution in [0.1, 0.15) is 34.3 Å². The first-order valence-electron chi connectivity index (χ1n) is 7.63. The number of aryl methyl sites for hydroxylation is 1. The smallest absolute Gasteiger partial charge is 0.251 e. The van der Waals surface area contributed by atoms with Crippen LogP contribution in [0.4, 0.5) is 0 Å². The molecule has 1 aliphatic carbocycles. The number of carbonyl (C=O) groups is 1. The number of nitrogens with one attached hydrogen (secondary N) is 1. The number of amides is 1. The van der Waals surface area contributed by atoms with E-state index in [1.807, 2.05) is 43.3 Å². The standard InChI is InChI=1S/C19H21NO2/c1-14-5-3-4-6-17(14)18(21)20-13-19(11-12-19)15-7-9-16(22-2)10-8-15/h3-10H,11-13H2,1-2H3,(H,20,21). The summed E-state index contributed by atoms with van der Waals surface area (Å²) in [4.78, 5) is 12.3. The Morgan fingerprint density at radius 3 is 2.41 bits per heavy atom. The van der Waals surface area contributed by atoms with Gasteiger partial charge in [0.2, 0.25) is 0 Å². The van der Waals surface area contributed by atoms with E-state index in [9.17, 15) is 4.79 Å². The molecule has 1 aliphatic rings. The van der Waals surface area contributed by atoms with E-state index in [-0.39, 0.29) is 11.3 Å². The highest BCUT2D eigenvalue weighted by Crippen LogP contribution is 2.47. The predicted molar refractivity (Wildman–Crippen MR) is 87.4 cm³/mol. The lowest BCUT2D eigenvalue weighted by molar-refractivity contribution is 0.0949. The average Bonchev–Trinajstić information content (AvgIpc) is 3.34. The van der Waals surface area contributed by atoms with Crippen LogP contribution in [0.25, 0.3) is 0 Å². The molecule has 1 saturated carbocycles. The van der Waals surface area contributed by atoms with Gasteiger partial charge >= 0.3 is 0 Å².